The lowest BCUT2D eigenvalue weighted by Gasteiger charge is -2.23. The van der Waals surface area contributed by atoms with E-state index in [1.54, 1.807) is 17.0 Å². The molecule has 1 saturated heterocycles. The first-order chi connectivity index (χ1) is 9.97. The molecule has 0 aromatic heterocycles. The van der Waals surface area contributed by atoms with Gasteiger partial charge in [-0.2, -0.15) is 0 Å². The maximum atomic E-state index is 12.8. The Balaban J connectivity index is 1.90. The molecule has 1 aliphatic rings. The third-order valence-electron chi connectivity index (χ3n) is 4.38. The van der Waals surface area contributed by atoms with E-state index in [2.05, 4.69) is 0 Å². The summed E-state index contributed by atoms with van der Waals surface area (Å²) >= 11 is 0. The van der Waals surface area contributed by atoms with Crippen LogP contribution < -0.4 is 0 Å². The van der Waals surface area contributed by atoms with Gasteiger partial charge in [-0.05, 0) is 37.0 Å². The van der Waals surface area contributed by atoms with Crippen LogP contribution in [0.1, 0.15) is 31.7 Å². The van der Waals surface area contributed by atoms with E-state index in [0.29, 0.717) is 38.8 Å². The summed E-state index contributed by atoms with van der Waals surface area (Å²) in [5.74, 6) is -1.14. The Bertz CT molecular complexity index is 529. The number of carboxylic acids is 1. The minimum Gasteiger partial charge on any atom is -0.481 e. The van der Waals surface area contributed by atoms with Gasteiger partial charge in [-0.3, -0.25) is 9.59 Å². The lowest BCUT2D eigenvalue weighted by atomic mass is 9.84. The molecular formula is C16H20FNO3. The summed E-state index contributed by atoms with van der Waals surface area (Å²) in [6, 6.07) is 6.09. The molecule has 4 nitrogen and oxygen atoms in total. The van der Waals surface area contributed by atoms with E-state index >= 15 is 0 Å². The normalized spacial score (nSPS) is 21.5. The van der Waals surface area contributed by atoms with Gasteiger partial charge in [0.1, 0.15) is 5.82 Å². The molecule has 114 valence electrons. The van der Waals surface area contributed by atoms with E-state index in [4.69, 9.17) is 0 Å². The zero-order valence-corrected chi connectivity index (χ0v) is 12.1. The van der Waals surface area contributed by atoms with Gasteiger partial charge in [-0.15, -0.1) is 0 Å². The van der Waals surface area contributed by atoms with Crippen LogP contribution in [0.2, 0.25) is 0 Å². The second kappa shape index (κ2) is 6.24. The van der Waals surface area contributed by atoms with Crippen LogP contribution in [0.4, 0.5) is 4.39 Å². The highest BCUT2D eigenvalue weighted by Gasteiger charge is 2.44. The summed E-state index contributed by atoms with van der Waals surface area (Å²) in [6.45, 7) is 2.64. The quantitative estimate of drug-likeness (QED) is 0.907. The molecule has 21 heavy (non-hydrogen) atoms. The highest BCUT2D eigenvalue weighted by molar-refractivity contribution is 5.80. The molecule has 1 amide bonds. The molecule has 2 rings (SSSR count). The van der Waals surface area contributed by atoms with Gasteiger partial charge in [0.15, 0.2) is 0 Å². The van der Waals surface area contributed by atoms with E-state index in [0.717, 1.165) is 5.56 Å². The number of aliphatic carboxylic acids is 1. The van der Waals surface area contributed by atoms with E-state index in [9.17, 15) is 19.1 Å². The molecule has 0 saturated carbocycles. The summed E-state index contributed by atoms with van der Waals surface area (Å²) in [5, 5.41) is 9.32. The Morgan fingerprint density at radius 3 is 2.52 bits per heavy atom. The number of halogens is 1. The van der Waals surface area contributed by atoms with Crippen molar-refractivity contribution in [2.24, 2.45) is 5.41 Å². The molecule has 0 aliphatic carbocycles. The summed E-state index contributed by atoms with van der Waals surface area (Å²) < 4.78 is 12.8. The predicted molar refractivity (Wildman–Crippen MR) is 76.3 cm³/mol. The first-order valence-corrected chi connectivity index (χ1v) is 7.22. The summed E-state index contributed by atoms with van der Waals surface area (Å²) in [7, 11) is 0. The third-order valence-corrected chi connectivity index (χ3v) is 4.38. The highest BCUT2D eigenvalue weighted by atomic mass is 19.1. The molecule has 5 heteroatoms. The molecule has 1 aliphatic heterocycles. The first kappa shape index (κ1) is 15.5. The Hall–Kier alpha value is -1.91. The molecule has 1 N–H and O–H groups in total. The smallest absolute Gasteiger partial charge is 0.311 e. The number of benzene rings is 1. The number of likely N-dealkylation sites (tertiary alicyclic amines) is 1. The van der Waals surface area contributed by atoms with Crippen molar-refractivity contribution in [3.63, 3.8) is 0 Å². The lowest BCUT2D eigenvalue weighted by Crippen LogP contribution is -2.36. The van der Waals surface area contributed by atoms with Gasteiger partial charge in [-0.25, -0.2) is 4.39 Å². The van der Waals surface area contributed by atoms with Crippen molar-refractivity contribution in [1.29, 1.82) is 0 Å². The summed E-state index contributed by atoms with van der Waals surface area (Å²) in [6.07, 6.45) is 1.91. The van der Waals surface area contributed by atoms with Crippen molar-refractivity contribution < 1.29 is 19.1 Å². The Morgan fingerprint density at radius 1 is 1.33 bits per heavy atom. The van der Waals surface area contributed by atoms with Crippen LogP contribution in [0.15, 0.2) is 24.3 Å². The zero-order valence-electron chi connectivity index (χ0n) is 12.1. The summed E-state index contributed by atoms with van der Waals surface area (Å²) in [4.78, 5) is 25.2. The Kier molecular flexibility index (Phi) is 4.60. The zero-order chi connectivity index (χ0) is 15.5. The Labute approximate surface area is 123 Å². The first-order valence-electron chi connectivity index (χ1n) is 7.22. The van der Waals surface area contributed by atoms with Crippen LogP contribution in [-0.4, -0.2) is 35.0 Å². The van der Waals surface area contributed by atoms with Gasteiger partial charge in [0, 0.05) is 19.5 Å². The van der Waals surface area contributed by atoms with Crippen molar-refractivity contribution in [2.75, 3.05) is 13.1 Å². The van der Waals surface area contributed by atoms with Gasteiger partial charge in [-0.1, -0.05) is 19.1 Å². The average molecular weight is 293 g/mol. The monoisotopic (exact) mass is 293 g/mol. The van der Waals surface area contributed by atoms with Gasteiger partial charge < -0.3 is 10.0 Å². The van der Waals surface area contributed by atoms with Crippen molar-refractivity contribution in [2.45, 2.75) is 32.6 Å². The van der Waals surface area contributed by atoms with Crippen molar-refractivity contribution in [3.05, 3.63) is 35.6 Å². The SMILES string of the molecule is CCC1(C(=O)O)CCN(C(=O)CCc2ccc(F)cc2)C1. The molecule has 0 spiro atoms. The standard InChI is InChI=1S/C16H20FNO3/c1-2-16(15(20)21)9-10-18(11-16)14(19)8-5-12-3-6-13(17)7-4-12/h3-4,6-7H,2,5,8-11H2,1H3,(H,20,21). The Morgan fingerprint density at radius 2 is 2.00 bits per heavy atom. The van der Waals surface area contributed by atoms with Crippen molar-refractivity contribution in [3.8, 4) is 0 Å². The van der Waals surface area contributed by atoms with Gasteiger partial charge in [0.25, 0.3) is 0 Å². The second-order valence-electron chi connectivity index (χ2n) is 5.63. The molecule has 1 aromatic rings. The molecular weight excluding hydrogens is 273 g/mol. The number of carbonyl (C=O) groups is 2. The number of rotatable bonds is 5. The van der Waals surface area contributed by atoms with Crippen LogP contribution in [0.25, 0.3) is 0 Å². The fourth-order valence-electron chi connectivity index (χ4n) is 2.76. The van der Waals surface area contributed by atoms with Crippen LogP contribution >= 0.6 is 0 Å². The number of carboxylic acid groups (broad SMARTS) is 1. The molecule has 0 bridgehead atoms. The minimum atomic E-state index is -0.821. The van der Waals surface area contributed by atoms with Crippen LogP contribution in [0.5, 0.6) is 0 Å². The van der Waals surface area contributed by atoms with Gasteiger partial charge in [0.2, 0.25) is 5.91 Å². The number of amides is 1. The number of aryl methyl sites for hydroxylation is 1. The second-order valence-corrected chi connectivity index (χ2v) is 5.63. The van der Waals surface area contributed by atoms with Crippen LogP contribution in [0.3, 0.4) is 0 Å². The largest absolute Gasteiger partial charge is 0.481 e. The number of hydrogen-bond acceptors (Lipinski definition) is 2. The van der Waals surface area contributed by atoms with Crippen molar-refractivity contribution in [1.82, 2.24) is 4.90 Å². The maximum Gasteiger partial charge on any atom is 0.311 e. The molecule has 0 radical (unpaired) electrons. The molecule has 1 aromatic carbocycles. The van der Waals surface area contributed by atoms with Crippen LogP contribution in [0, 0.1) is 11.2 Å². The van der Waals surface area contributed by atoms with Crippen LogP contribution in [-0.2, 0) is 16.0 Å². The third kappa shape index (κ3) is 3.40. The average Bonchev–Trinajstić information content (AvgIpc) is 2.92. The topological polar surface area (TPSA) is 57.6 Å². The van der Waals surface area contributed by atoms with Gasteiger partial charge >= 0.3 is 5.97 Å². The minimum absolute atomic E-state index is 0.0316. The number of hydrogen-bond donors (Lipinski definition) is 1. The van der Waals surface area contributed by atoms with Gasteiger partial charge in [0.05, 0.1) is 5.41 Å². The van der Waals surface area contributed by atoms with E-state index in [-0.39, 0.29) is 11.7 Å². The lowest BCUT2D eigenvalue weighted by molar-refractivity contribution is -0.148. The molecule has 1 heterocycles. The summed E-state index contributed by atoms with van der Waals surface area (Å²) in [5.41, 5.74) is 0.120. The number of nitrogens with zero attached hydrogens (tertiary/aromatic N) is 1. The van der Waals surface area contributed by atoms with E-state index < -0.39 is 11.4 Å². The molecule has 1 atom stereocenters. The highest BCUT2D eigenvalue weighted by Crippen LogP contribution is 2.34. The molecule has 1 fully saturated rings. The molecule has 1 unspecified atom stereocenters. The van der Waals surface area contributed by atoms with E-state index in [1.165, 1.54) is 12.1 Å². The number of carbonyl (C=O) groups excluding carboxylic acids is 1. The predicted octanol–water partition coefficient (Wildman–Crippen LogP) is 2.47. The maximum absolute atomic E-state index is 12.8. The fourth-order valence-corrected chi connectivity index (χ4v) is 2.76. The van der Waals surface area contributed by atoms with E-state index in [1.807, 2.05) is 6.92 Å². The fraction of sp³-hybridized carbons (Fsp3) is 0.500. The van der Waals surface area contributed by atoms with Crippen molar-refractivity contribution >= 4 is 11.9 Å².